The van der Waals surface area contributed by atoms with Gasteiger partial charge in [0.05, 0.1) is 5.56 Å². The summed E-state index contributed by atoms with van der Waals surface area (Å²) in [6, 6.07) is 5.02. The zero-order chi connectivity index (χ0) is 12.3. The molecule has 1 aromatic carbocycles. The van der Waals surface area contributed by atoms with Crippen molar-refractivity contribution < 1.29 is 18.6 Å². The van der Waals surface area contributed by atoms with Crippen molar-refractivity contribution in [2.75, 3.05) is 6.61 Å². The number of benzene rings is 1. The Balaban J connectivity index is 2.18. The molecule has 0 aliphatic carbocycles. The highest BCUT2D eigenvalue weighted by atomic mass is 35.5. The summed E-state index contributed by atoms with van der Waals surface area (Å²) in [6.07, 6.45) is 1.25. The Kier molecular flexibility index (Phi) is 3.74. The summed E-state index contributed by atoms with van der Waals surface area (Å²) in [5, 5.41) is 0.541. The van der Waals surface area contributed by atoms with Crippen molar-refractivity contribution in [3.63, 3.8) is 0 Å². The van der Waals surface area contributed by atoms with Gasteiger partial charge in [0, 0.05) is 5.02 Å². The van der Waals surface area contributed by atoms with Crippen LogP contribution in [0.5, 0.6) is 5.75 Å². The van der Waals surface area contributed by atoms with Gasteiger partial charge in [-0.2, -0.15) is 0 Å². The van der Waals surface area contributed by atoms with Gasteiger partial charge in [0.25, 0.3) is 6.29 Å². The summed E-state index contributed by atoms with van der Waals surface area (Å²) in [5.74, 6) is 0.507. The number of ether oxygens (including phenoxy) is 3. The Morgan fingerprint density at radius 1 is 1.41 bits per heavy atom. The minimum atomic E-state index is -1.04. The minimum Gasteiger partial charge on any atom is -0.490 e. The fraction of sp³-hybridized carbons (Fsp3) is 0.333. The Labute approximate surface area is 104 Å². The minimum absolute atomic E-state index is 0.0191. The van der Waals surface area contributed by atoms with Crippen molar-refractivity contribution in [1.29, 1.82) is 0 Å². The molecule has 0 fully saturated rings. The highest BCUT2D eigenvalue weighted by Gasteiger charge is 2.21. The van der Waals surface area contributed by atoms with E-state index in [-0.39, 0.29) is 6.61 Å². The third-order valence-electron chi connectivity index (χ3n) is 2.15. The molecule has 2 rings (SSSR count). The van der Waals surface area contributed by atoms with Gasteiger partial charge in [-0.1, -0.05) is 11.6 Å². The molecule has 1 aliphatic heterocycles. The lowest BCUT2D eigenvalue weighted by Crippen LogP contribution is -2.11. The Morgan fingerprint density at radius 2 is 2.12 bits per heavy atom. The number of hydrogen-bond acceptors (Lipinski definition) is 3. The quantitative estimate of drug-likeness (QED) is 0.826. The Hall–Kier alpha value is -1.42. The first kappa shape index (κ1) is 12.0. The maximum Gasteiger partial charge on any atom is 0.269 e. The Morgan fingerprint density at radius 3 is 2.76 bits per heavy atom. The van der Waals surface area contributed by atoms with Crippen molar-refractivity contribution in [2.24, 2.45) is 0 Å². The number of alkyl halides is 1. The van der Waals surface area contributed by atoms with Gasteiger partial charge >= 0.3 is 0 Å². The standard InChI is InChI=1S/C12H12ClFO3/c1-8(14)7-17-11-3-2-9(13)6-10(11)12-15-4-5-16-12/h2-6,8,12H,7H2,1H3. The first-order chi connectivity index (χ1) is 8.16. The van der Waals surface area contributed by atoms with E-state index in [1.165, 1.54) is 19.4 Å². The normalized spacial score (nSPS) is 16.4. The lowest BCUT2D eigenvalue weighted by Gasteiger charge is -2.16. The van der Waals surface area contributed by atoms with E-state index in [1.54, 1.807) is 18.2 Å². The second-order valence-corrected chi connectivity index (χ2v) is 4.09. The molecule has 92 valence electrons. The maximum atomic E-state index is 12.7. The van der Waals surface area contributed by atoms with Crippen LogP contribution in [0.3, 0.4) is 0 Å². The monoisotopic (exact) mass is 258 g/mol. The highest BCUT2D eigenvalue weighted by Crippen LogP contribution is 2.33. The highest BCUT2D eigenvalue weighted by molar-refractivity contribution is 6.30. The molecule has 0 saturated heterocycles. The lowest BCUT2D eigenvalue weighted by atomic mass is 10.2. The van der Waals surface area contributed by atoms with Crippen LogP contribution in [0.1, 0.15) is 18.8 Å². The second kappa shape index (κ2) is 5.27. The molecule has 1 aliphatic rings. The molecule has 0 bridgehead atoms. The van der Waals surface area contributed by atoms with Crippen LogP contribution < -0.4 is 4.74 Å². The van der Waals surface area contributed by atoms with E-state index in [9.17, 15) is 4.39 Å². The third kappa shape index (κ3) is 3.03. The van der Waals surface area contributed by atoms with Crippen LogP contribution in [0.4, 0.5) is 4.39 Å². The van der Waals surface area contributed by atoms with Gasteiger partial charge in [0.1, 0.15) is 31.1 Å². The number of rotatable bonds is 4. The molecule has 1 atom stereocenters. The molecule has 1 heterocycles. The van der Waals surface area contributed by atoms with Gasteiger partial charge in [0.15, 0.2) is 0 Å². The van der Waals surface area contributed by atoms with Crippen molar-refractivity contribution in [1.82, 2.24) is 0 Å². The van der Waals surface area contributed by atoms with Gasteiger partial charge in [-0.3, -0.25) is 0 Å². The van der Waals surface area contributed by atoms with Crippen LogP contribution in [0.25, 0.3) is 0 Å². The maximum absolute atomic E-state index is 12.7. The van der Waals surface area contributed by atoms with Crippen molar-refractivity contribution >= 4 is 11.6 Å². The summed E-state index contributed by atoms with van der Waals surface area (Å²) in [6.45, 7) is 1.41. The van der Waals surface area contributed by atoms with Gasteiger partial charge in [-0.15, -0.1) is 0 Å². The van der Waals surface area contributed by atoms with E-state index in [0.717, 1.165) is 0 Å². The van der Waals surface area contributed by atoms with E-state index < -0.39 is 12.5 Å². The van der Waals surface area contributed by atoms with Crippen LogP contribution >= 0.6 is 11.6 Å². The van der Waals surface area contributed by atoms with E-state index in [4.69, 9.17) is 25.8 Å². The predicted molar refractivity (Wildman–Crippen MR) is 61.6 cm³/mol. The third-order valence-corrected chi connectivity index (χ3v) is 2.39. The van der Waals surface area contributed by atoms with E-state index in [1.807, 2.05) is 0 Å². The van der Waals surface area contributed by atoms with E-state index in [0.29, 0.717) is 16.3 Å². The average Bonchev–Trinajstić information content (AvgIpc) is 2.80. The molecule has 0 N–H and O–H groups in total. The smallest absolute Gasteiger partial charge is 0.269 e. The zero-order valence-electron chi connectivity index (χ0n) is 9.23. The molecular formula is C12H12ClFO3. The van der Waals surface area contributed by atoms with Crippen LogP contribution in [-0.2, 0) is 9.47 Å². The van der Waals surface area contributed by atoms with Crippen LogP contribution in [-0.4, -0.2) is 12.8 Å². The van der Waals surface area contributed by atoms with Crippen molar-refractivity contribution in [2.45, 2.75) is 19.4 Å². The van der Waals surface area contributed by atoms with Gasteiger partial charge in [-0.05, 0) is 25.1 Å². The zero-order valence-corrected chi connectivity index (χ0v) is 9.99. The van der Waals surface area contributed by atoms with E-state index in [2.05, 4.69) is 0 Å². The molecule has 0 amide bonds. The van der Waals surface area contributed by atoms with Crippen molar-refractivity contribution in [3.8, 4) is 5.75 Å². The molecule has 0 saturated carbocycles. The predicted octanol–water partition coefficient (Wildman–Crippen LogP) is 3.59. The SMILES string of the molecule is CC(F)COc1ccc(Cl)cc1C1OC=CO1. The molecule has 0 spiro atoms. The first-order valence-corrected chi connectivity index (χ1v) is 5.57. The fourth-order valence-corrected chi connectivity index (χ4v) is 1.61. The first-order valence-electron chi connectivity index (χ1n) is 5.19. The van der Waals surface area contributed by atoms with Crippen LogP contribution in [0, 0.1) is 0 Å². The van der Waals surface area contributed by atoms with Gasteiger partial charge in [-0.25, -0.2) is 4.39 Å². The van der Waals surface area contributed by atoms with Crippen molar-refractivity contribution in [3.05, 3.63) is 41.3 Å². The number of hydrogen-bond donors (Lipinski definition) is 0. The summed E-state index contributed by atoms with van der Waals surface area (Å²) in [4.78, 5) is 0. The Bertz CT molecular complexity index is 412. The summed E-state index contributed by atoms with van der Waals surface area (Å²) in [7, 11) is 0. The lowest BCUT2D eigenvalue weighted by molar-refractivity contribution is -0.0267. The topological polar surface area (TPSA) is 27.7 Å². The molecule has 0 aromatic heterocycles. The van der Waals surface area contributed by atoms with E-state index >= 15 is 0 Å². The van der Waals surface area contributed by atoms with Crippen LogP contribution in [0.15, 0.2) is 30.7 Å². The molecule has 3 nitrogen and oxygen atoms in total. The summed E-state index contributed by atoms with van der Waals surface area (Å²) < 4.78 is 28.5. The van der Waals surface area contributed by atoms with Crippen LogP contribution in [0.2, 0.25) is 5.02 Å². The summed E-state index contributed by atoms with van der Waals surface area (Å²) >= 11 is 5.90. The summed E-state index contributed by atoms with van der Waals surface area (Å²) in [5.41, 5.74) is 0.642. The fourth-order valence-electron chi connectivity index (χ4n) is 1.43. The van der Waals surface area contributed by atoms with Gasteiger partial charge in [0.2, 0.25) is 0 Å². The molecule has 1 aromatic rings. The largest absolute Gasteiger partial charge is 0.490 e. The molecule has 5 heteroatoms. The second-order valence-electron chi connectivity index (χ2n) is 3.65. The molecule has 1 unspecified atom stereocenters. The molecule has 17 heavy (non-hydrogen) atoms. The molecule has 0 radical (unpaired) electrons. The average molecular weight is 259 g/mol. The number of halogens is 2. The van der Waals surface area contributed by atoms with Gasteiger partial charge < -0.3 is 14.2 Å². The molecular weight excluding hydrogens is 247 g/mol.